The van der Waals surface area contributed by atoms with Gasteiger partial charge in [0.25, 0.3) is 0 Å². The Hall–Kier alpha value is -2.25. The van der Waals surface area contributed by atoms with Crippen molar-refractivity contribution in [3.63, 3.8) is 0 Å². The lowest BCUT2D eigenvalue weighted by atomic mass is 10.0. The number of pyridine rings is 1. The first kappa shape index (κ1) is 18.5. The van der Waals surface area contributed by atoms with Gasteiger partial charge in [-0.05, 0) is 29.3 Å². The summed E-state index contributed by atoms with van der Waals surface area (Å²) < 4.78 is 23.8. The van der Waals surface area contributed by atoms with E-state index in [9.17, 15) is 13.2 Å². The topological polar surface area (TPSA) is 79.4 Å². The molecule has 0 saturated carbocycles. The molecule has 0 aliphatic carbocycles. The van der Waals surface area contributed by atoms with Gasteiger partial charge in [-0.25, -0.2) is 8.42 Å². The molecule has 1 aromatic heterocycles. The Bertz CT molecular complexity index is 851. The number of nitrogens with zero attached hydrogens (tertiary/aromatic N) is 2. The van der Waals surface area contributed by atoms with E-state index in [-0.39, 0.29) is 24.1 Å². The van der Waals surface area contributed by atoms with Gasteiger partial charge in [0.1, 0.15) is 0 Å². The molecule has 1 aliphatic rings. The van der Waals surface area contributed by atoms with E-state index in [1.54, 1.807) is 43.6 Å². The Morgan fingerprint density at radius 2 is 2.04 bits per heavy atom. The molecule has 2 aromatic rings. The summed E-state index contributed by atoms with van der Waals surface area (Å²) in [5.41, 5.74) is 1.82. The van der Waals surface area contributed by atoms with Gasteiger partial charge < -0.3 is 10.2 Å². The normalized spacial score (nSPS) is 17.9. The smallest absolute Gasteiger partial charge is 0.227 e. The monoisotopic (exact) mass is 373 g/mol. The fourth-order valence-electron chi connectivity index (χ4n) is 3.13. The number of carbonyl (C=O) groups is 1. The molecule has 6 nitrogen and oxygen atoms in total. The summed E-state index contributed by atoms with van der Waals surface area (Å²) in [5, 5.41) is 3.32. The first-order valence-corrected chi connectivity index (χ1v) is 10.4. The average molecular weight is 373 g/mol. The third-order valence-electron chi connectivity index (χ3n) is 4.65. The summed E-state index contributed by atoms with van der Waals surface area (Å²) >= 11 is 0. The quantitative estimate of drug-likeness (QED) is 0.861. The van der Waals surface area contributed by atoms with Crippen molar-refractivity contribution in [2.75, 3.05) is 25.4 Å². The SMILES string of the molecule is CCS(=O)(=O)c1ccc(CC(=O)N2CCNCC2c2cccnc2)cc1. The van der Waals surface area contributed by atoms with Crippen LogP contribution in [0, 0.1) is 0 Å². The summed E-state index contributed by atoms with van der Waals surface area (Å²) in [4.78, 5) is 19.2. The van der Waals surface area contributed by atoms with Crippen LogP contribution in [0.5, 0.6) is 0 Å². The second-order valence-electron chi connectivity index (χ2n) is 6.32. The maximum atomic E-state index is 12.8. The molecule has 7 heteroatoms. The van der Waals surface area contributed by atoms with Gasteiger partial charge in [-0.2, -0.15) is 0 Å². The predicted molar refractivity (Wildman–Crippen MR) is 99.4 cm³/mol. The van der Waals surface area contributed by atoms with Crippen molar-refractivity contribution in [3.8, 4) is 0 Å². The summed E-state index contributed by atoms with van der Waals surface area (Å²) in [6.45, 7) is 3.72. The Labute approximate surface area is 154 Å². The van der Waals surface area contributed by atoms with Crippen molar-refractivity contribution in [3.05, 3.63) is 59.9 Å². The molecule has 1 N–H and O–H groups in total. The van der Waals surface area contributed by atoms with Crippen LogP contribution in [0.25, 0.3) is 0 Å². The number of benzene rings is 1. The van der Waals surface area contributed by atoms with E-state index in [0.29, 0.717) is 18.0 Å². The third kappa shape index (κ3) is 4.11. The number of hydrogen-bond donors (Lipinski definition) is 1. The van der Waals surface area contributed by atoms with Gasteiger partial charge in [0.2, 0.25) is 5.91 Å². The second-order valence-corrected chi connectivity index (χ2v) is 8.60. The van der Waals surface area contributed by atoms with E-state index in [4.69, 9.17) is 0 Å². The van der Waals surface area contributed by atoms with E-state index in [1.807, 2.05) is 17.0 Å². The highest BCUT2D eigenvalue weighted by Gasteiger charge is 2.27. The fraction of sp³-hybridized carbons (Fsp3) is 0.368. The minimum absolute atomic E-state index is 0.0338. The molecule has 3 rings (SSSR count). The lowest BCUT2D eigenvalue weighted by Crippen LogP contribution is -2.49. The zero-order valence-corrected chi connectivity index (χ0v) is 15.6. The molecule has 2 heterocycles. The lowest BCUT2D eigenvalue weighted by Gasteiger charge is -2.36. The molecule has 1 aliphatic heterocycles. The Balaban J connectivity index is 1.74. The molecular formula is C19H23N3O3S. The number of carbonyl (C=O) groups excluding carboxylic acids is 1. The molecule has 1 atom stereocenters. The van der Waals surface area contributed by atoms with Crippen LogP contribution in [0.1, 0.15) is 24.1 Å². The van der Waals surface area contributed by atoms with Gasteiger partial charge in [-0.1, -0.05) is 25.1 Å². The van der Waals surface area contributed by atoms with Crippen molar-refractivity contribution >= 4 is 15.7 Å². The molecule has 0 radical (unpaired) electrons. The van der Waals surface area contributed by atoms with Crippen LogP contribution in [-0.4, -0.2) is 49.6 Å². The molecule has 1 fully saturated rings. The highest BCUT2D eigenvalue weighted by molar-refractivity contribution is 7.91. The average Bonchev–Trinajstić information content (AvgIpc) is 2.69. The number of nitrogens with one attached hydrogen (secondary N) is 1. The molecule has 26 heavy (non-hydrogen) atoms. The van der Waals surface area contributed by atoms with E-state index in [0.717, 1.165) is 17.7 Å². The molecule has 1 aromatic carbocycles. The summed E-state index contributed by atoms with van der Waals surface area (Å²) in [6, 6.07) is 10.4. The van der Waals surface area contributed by atoms with Crippen LogP contribution in [0.15, 0.2) is 53.7 Å². The molecule has 1 unspecified atom stereocenters. The highest BCUT2D eigenvalue weighted by Crippen LogP contribution is 2.22. The van der Waals surface area contributed by atoms with Crippen LogP contribution in [0.3, 0.4) is 0 Å². The zero-order chi connectivity index (χ0) is 18.6. The Morgan fingerprint density at radius 3 is 2.69 bits per heavy atom. The predicted octanol–water partition coefficient (Wildman–Crippen LogP) is 1.59. The molecule has 0 bridgehead atoms. The summed E-state index contributed by atoms with van der Waals surface area (Å²) in [5.74, 6) is 0.102. The van der Waals surface area contributed by atoms with E-state index in [1.165, 1.54) is 0 Å². The first-order valence-electron chi connectivity index (χ1n) is 8.73. The zero-order valence-electron chi connectivity index (χ0n) is 14.8. The van der Waals surface area contributed by atoms with Crippen molar-refractivity contribution in [1.82, 2.24) is 15.2 Å². The van der Waals surface area contributed by atoms with E-state index >= 15 is 0 Å². The standard InChI is InChI=1S/C19H23N3O3S/c1-2-26(24,25)17-7-5-15(6-8-17)12-19(23)22-11-10-21-14-18(22)16-4-3-9-20-13-16/h3-9,13,18,21H,2,10-12,14H2,1H3. The Morgan fingerprint density at radius 1 is 1.27 bits per heavy atom. The number of amides is 1. The van der Waals surface area contributed by atoms with Gasteiger partial charge in [0, 0.05) is 32.0 Å². The van der Waals surface area contributed by atoms with Crippen LogP contribution in [0.2, 0.25) is 0 Å². The third-order valence-corrected chi connectivity index (χ3v) is 6.40. The van der Waals surface area contributed by atoms with Gasteiger partial charge >= 0.3 is 0 Å². The second kappa shape index (κ2) is 7.97. The largest absolute Gasteiger partial charge is 0.333 e. The maximum Gasteiger partial charge on any atom is 0.227 e. The molecule has 1 amide bonds. The highest BCUT2D eigenvalue weighted by atomic mass is 32.2. The Kier molecular flexibility index (Phi) is 5.68. The van der Waals surface area contributed by atoms with Gasteiger partial charge in [-0.15, -0.1) is 0 Å². The first-order chi connectivity index (χ1) is 12.5. The molecular weight excluding hydrogens is 350 g/mol. The number of aromatic nitrogens is 1. The lowest BCUT2D eigenvalue weighted by molar-refractivity contribution is -0.133. The van der Waals surface area contributed by atoms with Crippen molar-refractivity contribution in [1.29, 1.82) is 0 Å². The number of sulfone groups is 1. The van der Waals surface area contributed by atoms with E-state index in [2.05, 4.69) is 10.3 Å². The molecule has 138 valence electrons. The fourth-order valence-corrected chi connectivity index (χ4v) is 4.02. The van der Waals surface area contributed by atoms with Crippen LogP contribution in [-0.2, 0) is 21.1 Å². The van der Waals surface area contributed by atoms with Gasteiger partial charge in [0.05, 0.1) is 23.1 Å². The summed E-state index contributed by atoms with van der Waals surface area (Å²) in [6.07, 6.45) is 3.77. The van der Waals surface area contributed by atoms with Crippen LogP contribution >= 0.6 is 0 Å². The number of rotatable bonds is 5. The maximum absolute atomic E-state index is 12.8. The minimum Gasteiger partial charge on any atom is -0.333 e. The number of hydrogen-bond acceptors (Lipinski definition) is 5. The van der Waals surface area contributed by atoms with Crippen LogP contribution < -0.4 is 5.32 Å². The van der Waals surface area contributed by atoms with Crippen molar-refractivity contribution < 1.29 is 13.2 Å². The summed E-state index contributed by atoms with van der Waals surface area (Å²) in [7, 11) is -3.22. The van der Waals surface area contributed by atoms with Crippen molar-refractivity contribution in [2.45, 2.75) is 24.3 Å². The van der Waals surface area contributed by atoms with Crippen LogP contribution in [0.4, 0.5) is 0 Å². The van der Waals surface area contributed by atoms with E-state index < -0.39 is 9.84 Å². The molecule has 1 saturated heterocycles. The van der Waals surface area contributed by atoms with Crippen molar-refractivity contribution in [2.24, 2.45) is 0 Å². The van der Waals surface area contributed by atoms with Gasteiger partial charge in [0.15, 0.2) is 9.84 Å². The molecule has 0 spiro atoms. The van der Waals surface area contributed by atoms with Gasteiger partial charge in [-0.3, -0.25) is 9.78 Å². The minimum atomic E-state index is -3.22. The number of piperazine rings is 1.